The Morgan fingerprint density at radius 3 is 2.44 bits per heavy atom. The van der Waals surface area contributed by atoms with E-state index in [0.717, 1.165) is 22.6 Å². The van der Waals surface area contributed by atoms with Gasteiger partial charge in [-0.1, -0.05) is 11.6 Å². The molecule has 0 aliphatic carbocycles. The molecule has 2 amide bonds. The number of alkyl halides is 3. The summed E-state index contributed by atoms with van der Waals surface area (Å²) in [6.07, 6.45) is -2.61. The lowest BCUT2D eigenvalue weighted by atomic mass is 9.93. The van der Waals surface area contributed by atoms with Crippen LogP contribution in [0.1, 0.15) is 43.4 Å². The molecule has 3 aromatic carbocycles. The quantitative estimate of drug-likeness (QED) is 0.280. The number of carbonyl (C=O) groups excluding carboxylic acids is 2. The second kappa shape index (κ2) is 10.7. The molecule has 0 saturated carbocycles. The molecule has 43 heavy (non-hydrogen) atoms. The summed E-state index contributed by atoms with van der Waals surface area (Å²) >= 11 is 6.29. The second-order valence-electron chi connectivity index (χ2n) is 9.63. The zero-order valence-electron chi connectivity index (χ0n) is 22.0. The predicted octanol–water partition coefficient (Wildman–Crippen LogP) is 5.24. The minimum absolute atomic E-state index is 0.0310. The molecule has 224 valence electrons. The standard InChI is InChI=1S/C27H19ClF5N5O4S/c1-37(2)43(41,42)38-12-15(11-34-38)13-7-20-23(24(36-26(20)40)19-10-17(29)3-4-21(19)28)22(8-13)35-25(39)14-5-16(27(31,32)33)9-18(30)6-14/h3-12,24H,1-2H3,(H,35,39)(H,36,40). The van der Waals surface area contributed by atoms with Crippen LogP contribution >= 0.6 is 11.6 Å². The van der Waals surface area contributed by atoms with E-state index in [0.29, 0.717) is 16.2 Å². The van der Waals surface area contributed by atoms with E-state index in [1.807, 2.05) is 0 Å². The maximum Gasteiger partial charge on any atom is 0.416 e. The van der Waals surface area contributed by atoms with Crippen LogP contribution in [0.3, 0.4) is 0 Å². The van der Waals surface area contributed by atoms with Crippen LogP contribution in [-0.4, -0.2) is 47.8 Å². The summed E-state index contributed by atoms with van der Waals surface area (Å²) in [5, 5.41) is 8.99. The Balaban J connectivity index is 1.67. The molecule has 2 N–H and O–H groups in total. The molecule has 1 atom stereocenters. The van der Waals surface area contributed by atoms with Gasteiger partial charge in [0.2, 0.25) is 0 Å². The van der Waals surface area contributed by atoms with Gasteiger partial charge in [-0.2, -0.15) is 35.1 Å². The molecule has 5 rings (SSSR count). The Hall–Kier alpha value is -4.34. The number of rotatable bonds is 6. The van der Waals surface area contributed by atoms with Crippen LogP contribution in [0.4, 0.5) is 27.6 Å². The lowest BCUT2D eigenvalue weighted by Gasteiger charge is -2.19. The average Bonchev–Trinajstić information content (AvgIpc) is 3.55. The van der Waals surface area contributed by atoms with Gasteiger partial charge >= 0.3 is 16.4 Å². The van der Waals surface area contributed by atoms with E-state index in [-0.39, 0.29) is 44.6 Å². The van der Waals surface area contributed by atoms with Crippen LogP contribution in [0.2, 0.25) is 5.02 Å². The number of carbonyl (C=O) groups is 2. The highest BCUT2D eigenvalue weighted by atomic mass is 35.5. The van der Waals surface area contributed by atoms with Gasteiger partial charge < -0.3 is 10.6 Å². The van der Waals surface area contributed by atoms with Crippen molar-refractivity contribution in [2.24, 2.45) is 0 Å². The SMILES string of the molecule is CN(C)S(=O)(=O)n1cc(-c2cc(NC(=O)c3cc(F)cc(C(F)(F)F)c3)c3c(c2)C(=O)NC3c2cc(F)ccc2Cl)cn1. The number of nitrogens with one attached hydrogen (secondary N) is 2. The van der Waals surface area contributed by atoms with Crippen molar-refractivity contribution in [3.05, 3.63) is 105 Å². The molecule has 4 aromatic rings. The van der Waals surface area contributed by atoms with E-state index < -0.39 is 57.0 Å². The first kappa shape index (κ1) is 30.1. The first-order chi connectivity index (χ1) is 20.1. The summed E-state index contributed by atoms with van der Waals surface area (Å²) in [7, 11) is -1.43. The first-order valence-corrected chi connectivity index (χ1v) is 13.9. The highest BCUT2D eigenvalue weighted by Crippen LogP contribution is 2.42. The van der Waals surface area contributed by atoms with Gasteiger partial charge in [0.05, 0.1) is 24.0 Å². The Kier molecular flexibility index (Phi) is 7.52. The molecule has 0 radical (unpaired) electrons. The number of hydrogen-bond donors (Lipinski definition) is 2. The van der Waals surface area contributed by atoms with Gasteiger partial charge in [-0.3, -0.25) is 9.59 Å². The Labute approximate surface area is 246 Å². The van der Waals surface area contributed by atoms with Crippen LogP contribution in [-0.2, 0) is 16.4 Å². The van der Waals surface area contributed by atoms with Crippen molar-refractivity contribution in [2.45, 2.75) is 12.2 Å². The zero-order chi connectivity index (χ0) is 31.4. The molecular weight excluding hydrogens is 621 g/mol. The smallest absolute Gasteiger partial charge is 0.341 e. The number of halogens is 6. The van der Waals surface area contributed by atoms with Crippen molar-refractivity contribution in [1.82, 2.24) is 18.8 Å². The third kappa shape index (κ3) is 5.70. The van der Waals surface area contributed by atoms with Gasteiger partial charge in [-0.25, -0.2) is 8.78 Å². The normalized spacial score (nSPS) is 15.0. The molecule has 0 fully saturated rings. The highest BCUT2D eigenvalue weighted by Gasteiger charge is 2.36. The van der Waals surface area contributed by atoms with E-state index in [1.165, 1.54) is 38.5 Å². The molecule has 0 spiro atoms. The summed E-state index contributed by atoms with van der Waals surface area (Å²) < 4.78 is 94.8. The van der Waals surface area contributed by atoms with Crippen LogP contribution in [0, 0.1) is 11.6 Å². The number of amides is 2. The van der Waals surface area contributed by atoms with Gasteiger partial charge in [0.15, 0.2) is 0 Å². The molecule has 0 bridgehead atoms. The van der Waals surface area contributed by atoms with Crippen molar-refractivity contribution in [2.75, 3.05) is 19.4 Å². The van der Waals surface area contributed by atoms with Crippen molar-refractivity contribution in [3.8, 4) is 11.1 Å². The number of aromatic nitrogens is 2. The van der Waals surface area contributed by atoms with Gasteiger partial charge in [-0.15, -0.1) is 0 Å². The van der Waals surface area contributed by atoms with Crippen molar-refractivity contribution < 1.29 is 40.0 Å². The van der Waals surface area contributed by atoms with E-state index in [4.69, 9.17) is 11.6 Å². The molecule has 2 heterocycles. The van der Waals surface area contributed by atoms with Crippen molar-refractivity contribution >= 4 is 39.3 Å². The molecular formula is C27H19ClF5N5O4S. The molecule has 1 unspecified atom stereocenters. The molecule has 0 saturated heterocycles. The maximum absolute atomic E-state index is 14.2. The molecule has 9 nitrogen and oxygen atoms in total. The molecule has 1 aliphatic rings. The number of anilines is 1. The summed E-state index contributed by atoms with van der Waals surface area (Å²) in [5.74, 6) is -3.82. The van der Waals surface area contributed by atoms with Crippen molar-refractivity contribution in [1.29, 1.82) is 0 Å². The Bertz CT molecular complexity index is 1910. The fraction of sp³-hybridized carbons (Fsp3) is 0.148. The largest absolute Gasteiger partial charge is 0.416 e. The van der Waals surface area contributed by atoms with Gasteiger partial charge in [0.1, 0.15) is 11.6 Å². The monoisotopic (exact) mass is 639 g/mol. The van der Waals surface area contributed by atoms with Gasteiger partial charge in [0, 0.05) is 52.6 Å². The van der Waals surface area contributed by atoms with Crippen molar-refractivity contribution in [3.63, 3.8) is 0 Å². The molecule has 16 heteroatoms. The van der Waals surface area contributed by atoms with E-state index in [9.17, 15) is 40.0 Å². The third-order valence-corrected chi connectivity index (χ3v) is 8.52. The second-order valence-corrected chi connectivity index (χ2v) is 12.0. The van der Waals surface area contributed by atoms with Crippen LogP contribution in [0.15, 0.2) is 60.9 Å². The Morgan fingerprint density at radius 1 is 1.05 bits per heavy atom. The number of fused-ring (bicyclic) bond motifs is 1. The summed E-state index contributed by atoms with van der Waals surface area (Å²) in [6.45, 7) is 0. The summed E-state index contributed by atoms with van der Waals surface area (Å²) in [6, 6.07) is 6.32. The summed E-state index contributed by atoms with van der Waals surface area (Å²) in [4.78, 5) is 26.3. The van der Waals surface area contributed by atoms with Crippen LogP contribution in [0.25, 0.3) is 11.1 Å². The third-order valence-electron chi connectivity index (χ3n) is 6.58. The lowest BCUT2D eigenvalue weighted by Crippen LogP contribution is -2.29. The molecule has 1 aromatic heterocycles. The van der Waals surface area contributed by atoms with Crippen LogP contribution in [0.5, 0.6) is 0 Å². The lowest BCUT2D eigenvalue weighted by molar-refractivity contribution is -0.137. The predicted molar refractivity (Wildman–Crippen MR) is 146 cm³/mol. The minimum atomic E-state index is -4.94. The molecule has 1 aliphatic heterocycles. The van der Waals surface area contributed by atoms with Gasteiger partial charge in [-0.05, 0) is 54.1 Å². The number of benzene rings is 3. The average molecular weight is 640 g/mol. The van der Waals surface area contributed by atoms with Crippen LogP contribution < -0.4 is 10.6 Å². The minimum Gasteiger partial charge on any atom is -0.341 e. The topological polar surface area (TPSA) is 113 Å². The zero-order valence-corrected chi connectivity index (χ0v) is 23.6. The maximum atomic E-state index is 14.2. The fourth-order valence-corrected chi connectivity index (χ4v) is 5.47. The fourth-order valence-electron chi connectivity index (χ4n) is 4.50. The van der Waals surface area contributed by atoms with E-state index in [2.05, 4.69) is 15.7 Å². The number of nitrogens with zero attached hydrogens (tertiary/aromatic N) is 3. The highest BCUT2D eigenvalue weighted by molar-refractivity contribution is 7.87. The van der Waals surface area contributed by atoms with E-state index in [1.54, 1.807) is 0 Å². The summed E-state index contributed by atoms with van der Waals surface area (Å²) in [5.41, 5.74) is -1.64. The van der Waals surface area contributed by atoms with Gasteiger partial charge in [0.25, 0.3) is 11.8 Å². The Morgan fingerprint density at radius 2 is 1.77 bits per heavy atom. The van der Waals surface area contributed by atoms with E-state index >= 15 is 0 Å². The number of hydrogen-bond acceptors (Lipinski definition) is 5. The first-order valence-electron chi connectivity index (χ1n) is 12.2.